The fraction of sp³-hybridized carbons (Fsp3) is 0.400. The van der Waals surface area contributed by atoms with Crippen LogP contribution < -0.4 is 0 Å². The maximum absolute atomic E-state index is 4.31. The van der Waals surface area contributed by atoms with Gasteiger partial charge in [0.05, 0.1) is 6.54 Å². The zero-order chi connectivity index (χ0) is 9.97. The van der Waals surface area contributed by atoms with Crippen molar-refractivity contribution in [1.82, 2.24) is 19.3 Å². The van der Waals surface area contributed by atoms with Crippen LogP contribution in [-0.4, -0.2) is 19.3 Å². The summed E-state index contributed by atoms with van der Waals surface area (Å²) in [4.78, 5) is 4.31. The molecule has 2 aromatic rings. The van der Waals surface area contributed by atoms with E-state index in [1.165, 1.54) is 0 Å². The van der Waals surface area contributed by atoms with Crippen molar-refractivity contribution in [1.29, 1.82) is 0 Å². The van der Waals surface area contributed by atoms with E-state index in [0.717, 1.165) is 24.6 Å². The molecule has 0 aliphatic rings. The van der Waals surface area contributed by atoms with Gasteiger partial charge in [-0.05, 0) is 19.9 Å². The SMILES string of the molecule is CCn1ccnc1Cn1nccc1C. The van der Waals surface area contributed by atoms with Crippen LogP contribution in [0.25, 0.3) is 0 Å². The van der Waals surface area contributed by atoms with Gasteiger partial charge in [0.25, 0.3) is 0 Å². The van der Waals surface area contributed by atoms with Crippen molar-refractivity contribution in [3.63, 3.8) is 0 Å². The lowest BCUT2D eigenvalue weighted by molar-refractivity contribution is 0.595. The molecule has 0 aromatic carbocycles. The third-order valence-electron chi connectivity index (χ3n) is 2.36. The lowest BCUT2D eigenvalue weighted by Gasteiger charge is -2.06. The van der Waals surface area contributed by atoms with E-state index < -0.39 is 0 Å². The molecule has 0 unspecified atom stereocenters. The second-order valence-electron chi connectivity index (χ2n) is 3.26. The minimum absolute atomic E-state index is 0.750. The summed E-state index contributed by atoms with van der Waals surface area (Å²) in [5.74, 6) is 1.05. The van der Waals surface area contributed by atoms with Crippen molar-refractivity contribution in [3.8, 4) is 0 Å². The maximum atomic E-state index is 4.31. The normalized spacial score (nSPS) is 10.7. The highest BCUT2D eigenvalue weighted by atomic mass is 15.3. The van der Waals surface area contributed by atoms with Crippen LogP contribution in [0.4, 0.5) is 0 Å². The summed E-state index contributed by atoms with van der Waals surface area (Å²) in [6.45, 7) is 5.86. The molecule has 0 N–H and O–H groups in total. The van der Waals surface area contributed by atoms with E-state index in [1.807, 2.05) is 36.3 Å². The summed E-state index contributed by atoms with van der Waals surface area (Å²) in [6, 6.07) is 2.00. The lowest BCUT2D eigenvalue weighted by Crippen LogP contribution is -2.09. The minimum atomic E-state index is 0.750. The Balaban J connectivity index is 2.22. The Labute approximate surface area is 83.2 Å². The highest BCUT2D eigenvalue weighted by Gasteiger charge is 2.03. The number of aryl methyl sites for hydroxylation is 2. The number of rotatable bonds is 3. The first-order chi connectivity index (χ1) is 6.81. The van der Waals surface area contributed by atoms with Crippen LogP contribution in [-0.2, 0) is 13.1 Å². The molecule has 14 heavy (non-hydrogen) atoms. The van der Waals surface area contributed by atoms with E-state index in [-0.39, 0.29) is 0 Å². The van der Waals surface area contributed by atoms with Crippen molar-refractivity contribution in [2.45, 2.75) is 26.9 Å². The topological polar surface area (TPSA) is 35.6 Å². The van der Waals surface area contributed by atoms with Crippen molar-refractivity contribution in [2.24, 2.45) is 0 Å². The summed E-state index contributed by atoms with van der Waals surface area (Å²) in [5.41, 5.74) is 1.16. The van der Waals surface area contributed by atoms with Crippen LogP contribution in [0.5, 0.6) is 0 Å². The molecule has 74 valence electrons. The Morgan fingerprint density at radius 1 is 1.36 bits per heavy atom. The van der Waals surface area contributed by atoms with Gasteiger partial charge >= 0.3 is 0 Å². The van der Waals surface area contributed by atoms with E-state index in [4.69, 9.17) is 0 Å². The summed E-state index contributed by atoms with van der Waals surface area (Å²) < 4.78 is 4.08. The first kappa shape index (κ1) is 8.99. The second kappa shape index (κ2) is 3.65. The van der Waals surface area contributed by atoms with Gasteiger partial charge in [-0.15, -0.1) is 0 Å². The van der Waals surface area contributed by atoms with E-state index >= 15 is 0 Å². The first-order valence-corrected chi connectivity index (χ1v) is 4.79. The molecule has 0 bridgehead atoms. The molecule has 4 nitrogen and oxygen atoms in total. The molecule has 0 radical (unpaired) electrons. The quantitative estimate of drug-likeness (QED) is 0.734. The molecule has 2 rings (SSSR count). The molecule has 0 aliphatic carbocycles. The summed E-state index contributed by atoms with van der Waals surface area (Å²) in [7, 11) is 0. The Kier molecular flexibility index (Phi) is 2.35. The van der Waals surface area contributed by atoms with Crippen molar-refractivity contribution in [2.75, 3.05) is 0 Å². The van der Waals surface area contributed by atoms with Crippen LogP contribution in [0.1, 0.15) is 18.4 Å². The molecular weight excluding hydrogens is 176 g/mol. The van der Waals surface area contributed by atoms with Gasteiger partial charge in [0.2, 0.25) is 0 Å². The predicted molar refractivity (Wildman–Crippen MR) is 54.0 cm³/mol. The number of hydrogen-bond acceptors (Lipinski definition) is 2. The van der Waals surface area contributed by atoms with E-state index in [2.05, 4.69) is 21.6 Å². The summed E-state index contributed by atoms with van der Waals surface area (Å²) in [5, 5.41) is 4.23. The average Bonchev–Trinajstić information content (AvgIpc) is 2.77. The van der Waals surface area contributed by atoms with Gasteiger partial charge < -0.3 is 4.57 Å². The minimum Gasteiger partial charge on any atom is -0.334 e. The smallest absolute Gasteiger partial charge is 0.130 e. The fourth-order valence-electron chi connectivity index (χ4n) is 1.48. The van der Waals surface area contributed by atoms with Gasteiger partial charge in [0.1, 0.15) is 5.82 Å². The predicted octanol–water partition coefficient (Wildman–Crippen LogP) is 1.46. The van der Waals surface area contributed by atoms with Crippen molar-refractivity contribution in [3.05, 3.63) is 36.2 Å². The Morgan fingerprint density at radius 3 is 2.86 bits per heavy atom. The Hall–Kier alpha value is -1.58. The largest absolute Gasteiger partial charge is 0.334 e. The average molecular weight is 190 g/mol. The van der Waals surface area contributed by atoms with Gasteiger partial charge in [-0.1, -0.05) is 0 Å². The summed E-state index contributed by atoms with van der Waals surface area (Å²) in [6.07, 6.45) is 5.64. The molecule has 0 amide bonds. The molecule has 2 aromatic heterocycles. The molecule has 2 heterocycles. The van der Waals surface area contributed by atoms with Gasteiger partial charge in [-0.2, -0.15) is 5.10 Å². The van der Waals surface area contributed by atoms with Gasteiger partial charge in [0, 0.05) is 30.8 Å². The van der Waals surface area contributed by atoms with Gasteiger partial charge in [-0.25, -0.2) is 4.98 Å². The summed E-state index contributed by atoms with van der Waals surface area (Å²) >= 11 is 0. The molecule has 0 atom stereocenters. The molecule has 0 spiro atoms. The third-order valence-corrected chi connectivity index (χ3v) is 2.36. The molecule has 0 saturated heterocycles. The van der Waals surface area contributed by atoms with E-state index in [9.17, 15) is 0 Å². The molecule has 0 fully saturated rings. The monoisotopic (exact) mass is 190 g/mol. The van der Waals surface area contributed by atoms with E-state index in [0.29, 0.717) is 0 Å². The van der Waals surface area contributed by atoms with E-state index in [1.54, 1.807) is 0 Å². The van der Waals surface area contributed by atoms with Crippen LogP contribution in [0.3, 0.4) is 0 Å². The standard InChI is InChI=1S/C10H14N4/c1-3-13-7-6-11-10(13)8-14-9(2)4-5-12-14/h4-7H,3,8H2,1-2H3. The fourth-order valence-corrected chi connectivity index (χ4v) is 1.48. The van der Waals surface area contributed by atoms with Crippen LogP contribution in [0.15, 0.2) is 24.7 Å². The maximum Gasteiger partial charge on any atom is 0.130 e. The number of aromatic nitrogens is 4. The van der Waals surface area contributed by atoms with Crippen LogP contribution >= 0.6 is 0 Å². The third kappa shape index (κ3) is 1.55. The zero-order valence-electron chi connectivity index (χ0n) is 8.51. The number of hydrogen-bond donors (Lipinski definition) is 0. The zero-order valence-corrected chi connectivity index (χ0v) is 8.51. The molecule has 0 aliphatic heterocycles. The highest BCUT2D eigenvalue weighted by Crippen LogP contribution is 2.03. The molecular formula is C10H14N4. The number of nitrogens with zero attached hydrogens (tertiary/aromatic N) is 4. The Morgan fingerprint density at radius 2 is 2.21 bits per heavy atom. The molecule has 0 saturated carbocycles. The van der Waals surface area contributed by atoms with Gasteiger partial charge in [-0.3, -0.25) is 4.68 Å². The Bertz CT molecular complexity index is 413. The lowest BCUT2D eigenvalue weighted by atomic mass is 10.4. The van der Waals surface area contributed by atoms with Crippen molar-refractivity contribution >= 4 is 0 Å². The molecule has 4 heteroatoms. The first-order valence-electron chi connectivity index (χ1n) is 4.79. The van der Waals surface area contributed by atoms with Crippen LogP contribution in [0.2, 0.25) is 0 Å². The van der Waals surface area contributed by atoms with Gasteiger partial charge in [0.15, 0.2) is 0 Å². The van der Waals surface area contributed by atoms with Crippen molar-refractivity contribution < 1.29 is 0 Å². The number of imidazole rings is 1. The highest BCUT2D eigenvalue weighted by molar-refractivity contribution is 5.00. The second-order valence-corrected chi connectivity index (χ2v) is 3.26. The van der Waals surface area contributed by atoms with Crippen LogP contribution in [0, 0.1) is 6.92 Å².